The number of nitrogens with two attached hydrogens (primary N) is 1. The highest BCUT2D eigenvalue weighted by Gasteiger charge is 2.12. The molecule has 0 aliphatic rings. The van der Waals surface area contributed by atoms with Crippen molar-refractivity contribution in [1.29, 1.82) is 0 Å². The average molecular weight is 428 g/mol. The van der Waals surface area contributed by atoms with Crippen LogP contribution in [0.3, 0.4) is 0 Å². The molecule has 0 aliphatic heterocycles. The molecule has 2 amide bonds. The van der Waals surface area contributed by atoms with Gasteiger partial charge in [-0.05, 0) is 46.2 Å². The topological polar surface area (TPSA) is 136 Å². The predicted molar refractivity (Wildman–Crippen MR) is 117 cm³/mol. The number of nitrogens with one attached hydrogen (secondary N) is 2. The zero-order valence-electron chi connectivity index (χ0n) is 17.0. The van der Waals surface area contributed by atoms with Crippen LogP contribution in [0.15, 0.2) is 72.8 Å². The molecule has 0 fully saturated rings. The lowest BCUT2D eigenvalue weighted by atomic mass is 9.98. The fourth-order valence-corrected chi connectivity index (χ4v) is 3.19. The first-order chi connectivity index (χ1) is 15.6. The second-order valence-corrected chi connectivity index (χ2v) is 6.94. The van der Waals surface area contributed by atoms with Crippen LogP contribution in [0.1, 0.15) is 15.9 Å². The zero-order valence-corrected chi connectivity index (χ0v) is 17.0. The third-order valence-electron chi connectivity index (χ3n) is 4.70. The van der Waals surface area contributed by atoms with Crippen LogP contribution in [0.5, 0.6) is 5.75 Å². The van der Waals surface area contributed by atoms with Crippen LogP contribution < -0.4 is 15.8 Å². The van der Waals surface area contributed by atoms with E-state index >= 15 is 0 Å². The highest BCUT2D eigenvalue weighted by molar-refractivity contribution is 5.95. The lowest BCUT2D eigenvalue weighted by molar-refractivity contribution is -0.119. The first-order valence-corrected chi connectivity index (χ1v) is 9.81. The molecule has 0 spiro atoms. The van der Waals surface area contributed by atoms with Gasteiger partial charge in [0.15, 0.2) is 6.61 Å². The van der Waals surface area contributed by atoms with E-state index < -0.39 is 5.91 Å². The average Bonchev–Trinajstić information content (AvgIpc) is 3.36. The predicted octanol–water partition coefficient (Wildman–Crippen LogP) is 2.33. The van der Waals surface area contributed by atoms with Gasteiger partial charge < -0.3 is 15.8 Å². The number of primary amides is 1. The summed E-state index contributed by atoms with van der Waals surface area (Å²) in [6.45, 7) is 0.118. The van der Waals surface area contributed by atoms with E-state index in [1.54, 1.807) is 30.3 Å². The van der Waals surface area contributed by atoms with Gasteiger partial charge in [-0.2, -0.15) is 5.21 Å². The maximum atomic E-state index is 12.6. The van der Waals surface area contributed by atoms with E-state index in [2.05, 4.69) is 25.9 Å². The number of aromatic nitrogens is 4. The van der Waals surface area contributed by atoms with Gasteiger partial charge in [0.2, 0.25) is 5.82 Å². The molecule has 4 rings (SSSR count). The smallest absolute Gasteiger partial charge is 0.255 e. The Balaban J connectivity index is 1.43. The van der Waals surface area contributed by atoms with Crippen molar-refractivity contribution >= 4 is 11.8 Å². The first-order valence-electron chi connectivity index (χ1n) is 9.81. The largest absolute Gasteiger partial charge is 0.484 e. The number of benzene rings is 3. The van der Waals surface area contributed by atoms with Crippen LogP contribution in [0.4, 0.5) is 0 Å². The van der Waals surface area contributed by atoms with Crippen molar-refractivity contribution < 1.29 is 14.3 Å². The molecule has 4 aromatic rings. The molecule has 9 heteroatoms. The van der Waals surface area contributed by atoms with Gasteiger partial charge in [0, 0.05) is 17.7 Å². The van der Waals surface area contributed by atoms with E-state index in [4.69, 9.17) is 10.5 Å². The van der Waals surface area contributed by atoms with Crippen LogP contribution in [0, 0.1) is 0 Å². The number of carbonyl (C=O) groups excluding carboxylic acids is 2. The maximum Gasteiger partial charge on any atom is 0.255 e. The molecule has 0 unspecified atom stereocenters. The van der Waals surface area contributed by atoms with Crippen molar-refractivity contribution in [2.45, 2.75) is 6.54 Å². The van der Waals surface area contributed by atoms with Crippen LogP contribution >= 0.6 is 0 Å². The monoisotopic (exact) mass is 428 g/mol. The van der Waals surface area contributed by atoms with Gasteiger partial charge in [0.05, 0.1) is 0 Å². The number of nitrogens with zero attached hydrogens (tertiary/aromatic N) is 3. The number of tetrazole rings is 1. The molecule has 32 heavy (non-hydrogen) atoms. The van der Waals surface area contributed by atoms with Gasteiger partial charge in [0.1, 0.15) is 5.75 Å². The lowest BCUT2D eigenvalue weighted by Gasteiger charge is -2.10. The Bertz CT molecular complexity index is 1220. The van der Waals surface area contributed by atoms with Crippen LogP contribution in [-0.2, 0) is 11.3 Å². The Morgan fingerprint density at radius 2 is 1.75 bits per heavy atom. The van der Waals surface area contributed by atoms with Crippen LogP contribution in [-0.4, -0.2) is 39.0 Å². The minimum Gasteiger partial charge on any atom is -0.484 e. The molecule has 0 atom stereocenters. The molecule has 0 aliphatic carbocycles. The highest BCUT2D eigenvalue weighted by Crippen LogP contribution is 2.29. The molecule has 0 radical (unpaired) electrons. The first kappa shape index (κ1) is 20.7. The van der Waals surface area contributed by atoms with Crippen molar-refractivity contribution in [3.63, 3.8) is 0 Å². The molecule has 1 heterocycles. The summed E-state index contributed by atoms with van der Waals surface area (Å²) in [7, 11) is 0. The Hall–Kier alpha value is -4.53. The van der Waals surface area contributed by atoms with Crippen molar-refractivity contribution in [2.75, 3.05) is 6.61 Å². The van der Waals surface area contributed by atoms with Gasteiger partial charge in [-0.15, -0.1) is 10.2 Å². The van der Waals surface area contributed by atoms with Crippen molar-refractivity contribution in [1.82, 2.24) is 25.9 Å². The number of aromatic amines is 1. The number of H-pyrrole nitrogens is 1. The summed E-state index contributed by atoms with van der Waals surface area (Å²) in [6, 6.07) is 22.1. The van der Waals surface area contributed by atoms with E-state index in [0.29, 0.717) is 23.7 Å². The Kier molecular flexibility index (Phi) is 6.17. The van der Waals surface area contributed by atoms with Crippen molar-refractivity contribution in [3.05, 3.63) is 83.9 Å². The molecular formula is C23H20N6O3. The lowest BCUT2D eigenvalue weighted by Crippen LogP contribution is -2.23. The summed E-state index contributed by atoms with van der Waals surface area (Å²) in [5.74, 6) is 0.267. The summed E-state index contributed by atoms with van der Waals surface area (Å²) in [4.78, 5) is 23.4. The number of amides is 2. The number of rotatable bonds is 8. The molecule has 1 aromatic heterocycles. The molecule has 0 saturated heterocycles. The Morgan fingerprint density at radius 3 is 2.47 bits per heavy atom. The number of carbonyl (C=O) groups is 2. The van der Waals surface area contributed by atoms with E-state index in [1.807, 2.05) is 42.5 Å². The van der Waals surface area contributed by atoms with Crippen molar-refractivity contribution in [2.24, 2.45) is 5.73 Å². The number of ether oxygens (including phenoxy) is 1. The maximum absolute atomic E-state index is 12.6. The van der Waals surface area contributed by atoms with Gasteiger partial charge in [-0.25, -0.2) is 0 Å². The number of hydrogen-bond donors (Lipinski definition) is 3. The zero-order chi connectivity index (χ0) is 22.3. The molecule has 0 saturated carbocycles. The fourth-order valence-electron chi connectivity index (χ4n) is 3.19. The minimum atomic E-state index is -0.549. The SMILES string of the molecule is NC(=O)COc1cccc(CNC(=O)c2ccc(-c3ccccc3-c3nn[nH]n3)cc2)c1. The normalized spacial score (nSPS) is 10.5. The quantitative estimate of drug-likeness (QED) is 0.394. The van der Waals surface area contributed by atoms with E-state index in [9.17, 15) is 9.59 Å². The summed E-state index contributed by atoms with van der Waals surface area (Å²) in [6.07, 6.45) is 0. The summed E-state index contributed by atoms with van der Waals surface area (Å²) >= 11 is 0. The number of hydrogen-bond acceptors (Lipinski definition) is 6. The second kappa shape index (κ2) is 9.52. The third kappa shape index (κ3) is 4.96. The highest BCUT2D eigenvalue weighted by atomic mass is 16.5. The van der Waals surface area contributed by atoms with Gasteiger partial charge in [0.25, 0.3) is 11.8 Å². The molecule has 3 aromatic carbocycles. The second-order valence-electron chi connectivity index (χ2n) is 6.94. The molecular weight excluding hydrogens is 408 g/mol. The minimum absolute atomic E-state index is 0.196. The molecule has 9 nitrogen and oxygen atoms in total. The van der Waals surface area contributed by atoms with Gasteiger partial charge >= 0.3 is 0 Å². The van der Waals surface area contributed by atoms with Crippen LogP contribution in [0.25, 0.3) is 22.5 Å². The summed E-state index contributed by atoms with van der Waals surface area (Å²) in [5.41, 5.74) is 9.18. The van der Waals surface area contributed by atoms with E-state index in [-0.39, 0.29) is 12.5 Å². The Morgan fingerprint density at radius 1 is 0.969 bits per heavy atom. The van der Waals surface area contributed by atoms with Crippen molar-refractivity contribution in [3.8, 4) is 28.3 Å². The third-order valence-corrected chi connectivity index (χ3v) is 4.70. The van der Waals surface area contributed by atoms with Gasteiger partial charge in [-0.1, -0.05) is 48.5 Å². The van der Waals surface area contributed by atoms with E-state index in [1.165, 1.54) is 0 Å². The van der Waals surface area contributed by atoms with Gasteiger partial charge in [-0.3, -0.25) is 9.59 Å². The van der Waals surface area contributed by atoms with E-state index in [0.717, 1.165) is 22.3 Å². The molecule has 160 valence electrons. The molecule has 0 bridgehead atoms. The standard InChI is InChI=1S/C23H20N6O3/c24-21(30)14-32-18-5-3-4-15(12-18)13-25-23(31)17-10-8-16(9-11-17)19-6-1-2-7-20(19)22-26-28-29-27-22/h1-12H,13-14H2,(H2,24,30)(H,25,31)(H,26,27,28,29). The molecule has 4 N–H and O–H groups in total. The summed E-state index contributed by atoms with van der Waals surface area (Å²) < 4.78 is 5.29. The fraction of sp³-hybridized carbons (Fsp3) is 0.0870. The summed E-state index contributed by atoms with van der Waals surface area (Å²) in [5, 5.41) is 17.1. The Labute approximate surface area is 183 Å². The van der Waals surface area contributed by atoms with Crippen LogP contribution in [0.2, 0.25) is 0 Å².